The molecule has 1 aliphatic rings. The van der Waals surface area contributed by atoms with E-state index in [1.165, 1.54) is 0 Å². The minimum atomic E-state index is 0.102. The van der Waals surface area contributed by atoms with Gasteiger partial charge in [0.15, 0.2) is 0 Å². The van der Waals surface area contributed by atoms with Crippen LogP contribution in [0.4, 0.5) is 0 Å². The van der Waals surface area contributed by atoms with E-state index < -0.39 is 0 Å². The average Bonchev–Trinajstić information content (AvgIpc) is 2.18. The Morgan fingerprint density at radius 3 is 2.94 bits per heavy atom. The maximum Gasteiger partial charge on any atom is 0.124 e. The van der Waals surface area contributed by atoms with E-state index in [1.807, 2.05) is 12.1 Å². The first kappa shape index (κ1) is 11.9. The SMILES string of the molecule is CC(C)CC1C[C@@H](N)c2cc(Br)ccc2O1. The average molecular weight is 284 g/mol. The molecular weight excluding hydrogens is 266 g/mol. The van der Waals surface area contributed by atoms with E-state index in [0.717, 1.165) is 28.6 Å². The summed E-state index contributed by atoms with van der Waals surface area (Å²) in [7, 11) is 0. The minimum Gasteiger partial charge on any atom is -0.490 e. The molecule has 1 unspecified atom stereocenters. The summed E-state index contributed by atoms with van der Waals surface area (Å²) in [4.78, 5) is 0. The molecule has 0 saturated carbocycles. The molecule has 0 fully saturated rings. The molecule has 2 nitrogen and oxygen atoms in total. The van der Waals surface area contributed by atoms with Crippen molar-refractivity contribution < 1.29 is 4.74 Å². The van der Waals surface area contributed by atoms with Crippen LogP contribution >= 0.6 is 15.9 Å². The van der Waals surface area contributed by atoms with Crippen molar-refractivity contribution in [1.29, 1.82) is 0 Å². The molecule has 88 valence electrons. The predicted molar refractivity (Wildman–Crippen MR) is 69.6 cm³/mol. The van der Waals surface area contributed by atoms with Crippen LogP contribution in [0, 0.1) is 5.92 Å². The van der Waals surface area contributed by atoms with E-state index >= 15 is 0 Å². The molecule has 1 aromatic carbocycles. The predicted octanol–water partition coefficient (Wildman–Crippen LogP) is 3.65. The van der Waals surface area contributed by atoms with Crippen LogP contribution in [-0.2, 0) is 0 Å². The first-order valence-corrected chi connectivity index (χ1v) is 6.57. The van der Waals surface area contributed by atoms with Crippen molar-refractivity contribution in [3.8, 4) is 5.75 Å². The summed E-state index contributed by atoms with van der Waals surface area (Å²) in [5.74, 6) is 1.60. The van der Waals surface area contributed by atoms with Gasteiger partial charge in [-0.15, -0.1) is 0 Å². The second kappa shape index (κ2) is 4.76. The van der Waals surface area contributed by atoms with Crippen LogP contribution in [0.1, 0.15) is 38.3 Å². The van der Waals surface area contributed by atoms with Gasteiger partial charge in [-0.1, -0.05) is 29.8 Å². The standard InChI is InChI=1S/C13H18BrNO/c1-8(2)5-10-7-12(15)11-6-9(14)3-4-13(11)16-10/h3-4,6,8,10,12H,5,7,15H2,1-2H3/t10?,12-/m1/s1. The molecule has 0 bridgehead atoms. The molecule has 0 radical (unpaired) electrons. The van der Waals surface area contributed by atoms with Gasteiger partial charge in [0.1, 0.15) is 11.9 Å². The van der Waals surface area contributed by atoms with E-state index in [4.69, 9.17) is 10.5 Å². The first-order valence-electron chi connectivity index (χ1n) is 5.78. The fourth-order valence-corrected chi connectivity index (χ4v) is 2.60. The van der Waals surface area contributed by atoms with E-state index in [9.17, 15) is 0 Å². The highest BCUT2D eigenvalue weighted by Gasteiger charge is 2.26. The number of hydrogen-bond acceptors (Lipinski definition) is 2. The van der Waals surface area contributed by atoms with Gasteiger partial charge in [0.05, 0.1) is 0 Å². The Kier molecular flexibility index (Phi) is 3.55. The number of halogens is 1. The number of ether oxygens (including phenoxy) is 1. The minimum absolute atomic E-state index is 0.102. The summed E-state index contributed by atoms with van der Waals surface area (Å²) in [6, 6.07) is 6.17. The maximum atomic E-state index is 6.18. The fraction of sp³-hybridized carbons (Fsp3) is 0.538. The summed E-state index contributed by atoms with van der Waals surface area (Å²) < 4.78 is 7.03. The van der Waals surface area contributed by atoms with E-state index in [1.54, 1.807) is 0 Å². The molecule has 3 heteroatoms. The van der Waals surface area contributed by atoms with E-state index in [-0.39, 0.29) is 12.1 Å². The van der Waals surface area contributed by atoms with Crippen molar-refractivity contribution in [2.75, 3.05) is 0 Å². The topological polar surface area (TPSA) is 35.2 Å². The van der Waals surface area contributed by atoms with Crippen LogP contribution in [0.3, 0.4) is 0 Å². The van der Waals surface area contributed by atoms with Crippen LogP contribution in [0.5, 0.6) is 5.75 Å². The maximum absolute atomic E-state index is 6.18. The van der Waals surface area contributed by atoms with Crippen LogP contribution < -0.4 is 10.5 Å². The molecule has 0 aliphatic carbocycles. The molecule has 1 aliphatic heterocycles. The summed E-state index contributed by atoms with van der Waals surface area (Å²) in [6.07, 6.45) is 2.26. The molecule has 2 atom stereocenters. The molecule has 1 aromatic rings. The van der Waals surface area contributed by atoms with Crippen LogP contribution in [0.25, 0.3) is 0 Å². The Morgan fingerprint density at radius 1 is 1.50 bits per heavy atom. The zero-order valence-electron chi connectivity index (χ0n) is 9.74. The van der Waals surface area contributed by atoms with Crippen molar-refractivity contribution in [2.24, 2.45) is 11.7 Å². The second-order valence-electron chi connectivity index (χ2n) is 4.89. The Morgan fingerprint density at radius 2 is 2.25 bits per heavy atom. The molecule has 2 N–H and O–H groups in total. The molecule has 0 spiro atoms. The number of benzene rings is 1. The van der Waals surface area contributed by atoms with E-state index in [0.29, 0.717) is 5.92 Å². The van der Waals surface area contributed by atoms with Crippen LogP contribution in [-0.4, -0.2) is 6.10 Å². The van der Waals surface area contributed by atoms with Crippen molar-refractivity contribution >= 4 is 15.9 Å². The lowest BCUT2D eigenvalue weighted by molar-refractivity contribution is 0.136. The van der Waals surface area contributed by atoms with Gasteiger partial charge >= 0.3 is 0 Å². The summed E-state index contributed by atoms with van der Waals surface area (Å²) in [5.41, 5.74) is 7.30. The molecule has 0 saturated heterocycles. The highest BCUT2D eigenvalue weighted by atomic mass is 79.9. The third-order valence-corrected chi connectivity index (χ3v) is 3.41. The lowest BCUT2D eigenvalue weighted by Crippen LogP contribution is -2.30. The van der Waals surface area contributed by atoms with Gasteiger partial charge < -0.3 is 10.5 Å². The highest BCUT2D eigenvalue weighted by Crippen LogP contribution is 2.36. The third-order valence-electron chi connectivity index (χ3n) is 2.92. The summed E-state index contributed by atoms with van der Waals surface area (Å²) in [6.45, 7) is 4.43. The first-order chi connectivity index (χ1) is 7.56. The van der Waals surface area contributed by atoms with Gasteiger partial charge in [-0.05, 0) is 30.5 Å². The highest BCUT2D eigenvalue weighted by molar-refractivity contribution is 9.10. The summed E-state index contributed by atoms with van der Waals surface area (Å²) in [5, 5.41) is 0. The smallest absolute Gasteiger partial charge is 0.124 e. The molecule has 16 heavy (non-hydrogen) atoms. The lowest BCUT2D eigenvalue weighted by Gasteiger charge is -2.31. The Bertz CT molecular complexity index is 378. The van der Waals surface area contributed by atoms with Crippen LogP contribution in [0.15, 0.2) is 22.7 Å². The molecular formula is C13H18BrNO. The molecule has 1 heterocycles. The van der Waals surface area contributed by atoms with Crippen molar-refractivity contribution in [2.45, 2.75) is 38.8 Å². The Labute approximate surface area is 105 Å². The summed E-state index contributed by atoms with van der Waals surface area (Å²) >= 11 is 3.46. The quantitative estimate of drug-likeness (QED) is 0.899. The van der Waals surface area contributed by atoms with Gasteiger partial charge in [0, 0.05) is 22.5 Å². The van der Waals surface area contributed by atoms with E-state index in [2.05, 4.69) is 35.8 Å². The Hall–Kier alpha value is -0.540. The number of fused-ring (bicyclic) bond motifs is 1. The fourth-order valence-electron chi connectivity index (χ4n) is 2.22. The number of nitrogens with two attached hydrogens (primary N) is 1. The zero-order valence-corrected chi connectivity index (χ0v) is 11.3. The normalized spacial score (nSPS) is 24.1. The van der Waals surface area contributed by atoms with Crippen molar-refractivity contribution in [3.63, 3.8) is 0 Å². The van der Waals surface area contributed by atoms with Gasteiger partial charge in [-0.3, -0.25) is 0 Å². The second-order valence-corrected chi connectivity index (χ2v) is 5.81. The van der Waals surface area contributed by atoms with Gasteiger partial charge in [0.2, 0.25) is 0 Å². The van der Waals surface area contributed by atoms with Gasteiger partial charge in [-0.2, -0.15) is 0 Å². The van der Waals surface area contributed by atoms with Crippen LogP contribution in [0.2, 0.25) is 0 Å². The van der Waals surface area contributed by atoms with Crippen molar-refractivity contribution in [3.05, 3.63) is 28.2 Å². The molecule has 2 rings (SSSR count). The van der Waals surface area contributed by atoms with Crippen molar-refractivity contribution in [1.82, 2.24) is 0 Å². The Balaban J connectivity index is 2.20. The number of rotatable bonds is 2. The van der Waals surface area contributed by atoms with Gasteiger partial charge in [0.25, 0.3) is 0 Å². The monoisotopic (exact) mass is 283 g/mol. The largest absolute Gasteiger partial charge is 0.490 e. The lowest BCUT2D eigenvalue weighted by atomic mass is 9.93. The molecule has 0 amide bonds. The zero-order chi connectivity index (χ0) is 11.7. The number of hydrogen-bond donors (Lipinski definition) is 1. The van der Waals surface area contributed by atoms with Gasteiger partial charge in [-0.25, -0.2) is 0 Å². The molecule has 0 aromatic heterocycles. The third kappa shape index (κ3) is 2.58.